The van der Waals surface area contributed by atoms with E-state index in [0.717, 1.165) is 12.1 Å². The van der Waals surface area contributed by atoms with Crippen LogP contribution in [0.3, 0.4) is 0 Å². The van der Waals surface area contributed by atoms with Crippen molar-refractivity contribution >= 4 is 11.5 Å². The SMILES string of the molecule is CCCC[n+]1ccc(-c2ccns2)cn1. The van der Waals surface area contributed by atoms with Crippen molar-refractivity contribution in [2.75, 3.05) is 0 Å². The molecule has 3 nitrogen and oxygen atoms in total. The molecule has 0 radical (unpaired) electrons. The first-order chi connectivity index (χ1) is 7.40. The molecule has 2 aromatic rings. The summed E-state index contributed by atoms with van der Waals surface area (Å²) in [4.78, 5) is 1.17. The second kappa shape index (κ2) is 4.98. The highest BCUT2D eigenvalue weighted by atomic mass is 32.1. The molecule has 2 rings (SSSR count). The van der Waals surface area contributed by atoms with E-state index in [1.54, 1.807) is 0 Å². The smallest absolute Gasteiger partial charge is 0.196 e. The van der Waals surface area contributed by atoms with E-state index in [1.807, 2.05) is 29.3 Å². The molecule has 0 aliphatic carbocycles. The van der Waals surface area contributed by atoms with Crippen molar-refractivity contribution in [2.24, 2.45) is 0 Å². The summed E-state index contributed by atoms with van der Waals surface area (Å²) in [6.07, 6.45) is 8.13. The van der Waals surface area contributed by atoms with Crippen molar-refractivity contribution in [3.63, 3.8) is 0 Å². The van der Waals surface area contributed by atoms with Gasteiger partial charge in [0.1, 0.15) is 6.20 Å². The predicted molar refractivity (Wildman–Crippen MR) is 60.4 cm³/mol. The highest BCUT2D eigenvalue weighted by molar-refractivity contribution is 7.09. The van der Waals surface area contributed by atoms with E-state index in [9.17, 15) is 0 Å². The first-order valence-electron chi connectivity index (χ1n) is 5.17. The van der Waals surface area contributed by atoms with Gasteiger partial charge in [-0.1, -0.05) is 18.0 Å². The van der Waals surface area contributed by atoms with Gasteiger partial charge in [-0.05, 0) is 22.7 Å². The van der Waals surface area contributed by atoms with E-state index in [2.05, 4.69) is 22.5 Å². The lowest BCUT2D eigenvalue weighted by Gasteiger charge is -1.94. The third kappa shape index (κ3) is 2.59. The number of aryl methyl sites for hydroxylation is 1. The van der Waals surface area contributed by atoms with Gasteiger partial charge in [0.25, 0.3) is 0 Å². The van der Waals surface area contributed by atoms with Gasteiger partial charge < -0.3 is 0 Å². The Bertz CT molecular complexity index is 394. The summed E-state index contributed by atoms with van der Waals surface area (Å²) in [6.45, 7) is 3.19. The quantitative estimate of drug-likeness (QED) is 0.740. The van der Waals surface area contributed by atoms with Crippen molar-refractivity contribution < 1.29 is 4.68 Å². The van der Waals surface area contributed by atoms with Gasteiger partial charge in [-0.15, -0.1) is 0 Å². The zero-order valence-corrected chi connectivity index (χ0v) is 9.57. The zero-order chi connectivity index (χ0) is 10.5. The van der Waals surface area contributed by atoms with Gasteiger partial charge in [0, 0.05) is 24.2 Å². The van der Waals surface area contributed by atoms with Crippen LogP contribution in [0.1, 0.15) is 19.8 Å². The molecule has 0 fully saturated rings. The fraction of sp³-hybridized carbons (Fsp3) is 0.364. The molecule has 0 saturated carbocycles. The molecule has 0 spiro atoms. The lowest BCUT2D eigenvalue weighted by molar-refractivity contribution is -0.754. The maximum absolute atomic E-state index is 4.37. The monoisotopic (exact) mass is 220 g/mol. The third-order valence-corrected chi connectivity index (χ3v) is 3.03. The van der Waals surface area contributed by atoms with Crippen LogP contribution in [-0.2, 0) is 6.54 Å². The van der Waals surface area contributed by atoms with Crippen molar-refractivity contribution in [1.82, 2.24) is 9.47 Å². The average Bonchev–Trinajstić information content (AvgIpc) is 2.80. The second-order valence-electron chi connectivity index (χ2n) is 3.41. The fourth-order valence-electron chi connectivity index (χ4n) is 1.35. The van der Waals surface area contributed by atoms with Crippen LogP contribution >= 0.6 is 11.5 Å². The molecule has 0 N–H and O–H groups in total. The molecule has 0 aliphatic rings. The van der Waals surface area contributed by atoms with Crippen molar-refractivity contribution in [3.05, 3.63) is 30.7 Å². The summed E-state index contributed by atoms with van der Waals surface area (Å²) in [6, 6.07) is 4.11. The van der Waals surface area contributed by atoms with Crippen LogP contribution in [0.2, 0.25) is 0 Å². The minimum absolute atomic E-state index is 0.999. The maximum atomic E-state index is 4.37. The number of unbranched alkanes of at least 4 members (excludes halogenated alkanes) is 1. The molecule has 0 atom stereocenters. The molecule has 2 aromatic heterocycles. The predicted octanol–water partition coefficient (Wildman–Crippen LogP) is 2.29. The number of rotatable bonds is 4. The van der Waals surface area contributed by atoms with Gasteiger partial charge in [0.05, 0.1) is 4.88 Å². The Balaban J connectivity index is 2.11. The third-order valence-electron chi connectivity index (χ3n) is 2.23. The number of hydrogen-bond donors (Lipinski definition) is 0. The van der Waals surface area contributed by atoms with Gasteiger partial charge >= 0.3 is 0 Å². The van der Waals surface area contributed by atoms with Crippen LogP contribution in [0, 0.1) is 0 Å². The summed E-state index contributed by atoms with van der Waals surface area (Å²) < 4.78 is 6.06. The zero-order valence-electron chi connectivity index (χ0n) is 8.76. The van der Waals surface area contributed by atoms with Gasteiger partial charge in [-0.2, -0.15) is 0 Å². The van der Waals surface area contributed by atoms with Crippen LogP contribution < -0.4 is 4.68 Å². The molecular weight excluding hydrogens is 206 g/mol. The standard InChI is InChI=1S/C11H14N3S/c1-2-3-7-14-8-5-10(9-12-14)11-4-6-13-15-11/h4-6,8-9H,2-3,7H2,1H3/q+1. The van der Waals surface area contributed by atoms with E-state index in [-0.39, 0.29) is 0 Å². The summed E-state index contributed by atoms with van der Waals surface area (Å²) in [5.74, 6) is 0. The van der Waals surface area contributed by atoms with Gasteiger partial charge in [-0.3, -0.25) is 0 Å². The van der Waals surface area contributed by atoms with E-state index < -0.39 is 0 Å². The first kappa shape index (κ1) is 10.2. The van der Waals surface area contributed by atoms with E-state index >= 15 is 0 Å². The van der Waals surface area contributed by atoms with Crippen LogP contribution in [0.25, 0.3) is 10.4 Å². The highest BCUT2D eigenvalue weighted by Crippen LogP contribution is 2.20. The van der Waals surface area contributed by atoms with E-state index in [0.29, 0.717) is 0 Å². The molecule has 0 aromatic carbocycles. The summed E-state index contributed by atoms with van der Waals surface area (Å²) in [5.41, 5.74) is 1.14. The van der Waals surface area contributed by atoms with E-state index in [1.165, 1.54) is 29.3 Å². The van der Waals surface area contributed by atoms with E-state index in [4.69, 9.17) is 0 Å². The Morgan fingerprint density at radius 2 is 2.33 bits per heavy atom. The normalized spacial score (nSPS) is 10.5. The average molecular weight is 220 g/mol. The lowest BCUT2D eigenvalue weighted by atomic mass is 10.2. The summed E-state index contributed by atoms with van der Waals surface area (Å²) >= 11 is 1.50. The molecule has 0 amide bonds. The van der Waals surface area contributed by atoms with Crippen LogP contribution in [0.4, 0.5) is 0 Å². The molecule has 2 heterocycles. The van der Waals surface area contributed by atoms with Crippen molar-refractivity contribution in [3.8, 4) is 10.4 Å². The van der Waals surface area contributed by atoms with Crippen molar-refractivity contribution in [2.45, 2.75) is 26.3 Å². The Labute approximate surface area is 93.6 Å². The minimum Gasteiger partial charge on any atom is -0.201 e. The van der Waals surface area contributed by atoms with Crippen LogP contribution in [0.15, 0.2) is 30.7 Å². The first-order valence-corrected chi connectivity index (χ1v) is 5.94. The Morgan fingerprint density at radius 1 is 1.40 bits per heavy atom. The molecule has 0 unspecified atom stereocenters. The topological polar surface area (TPSA) is 29.7 Å². The number of aromatic nitrogens is 3. The molecule has 78 valence electrons. The highest BCUT2D eigenvalue weighted by Gasteiger charge is 2.04. The van der Waals surface area contributed by atoms with Crippen LogP contribution in [-0.4, -0.2) is 9.47 Å². The van der Waals surface area contributed by atoms with Crippen LogP contribution in [0.5, 0.6) is 0 Å². The van der Waals surface area contributed by atoms with Crippen molar-refractivity contribution in [1.29, 1.82) is 0 Å². The number of hydrogen-bond acceptors (Lipinski definition) is 3. The molecule has 15 heavy (non-hydrogen) atoms. The molecule has 0 bridgehead atoms. The Kier molecular flexibility index (Phi) is 3.40. The lowest BCUT2D eigenvalue weighted by Crippen LogP contribution is -2.37. The molecule has 0 saturated heterocycles. The Hall–Kier alpha value is -1.29. The second-order valence-corrected chi connectivity index (χ2v) is 4.24. The van der Waals surface area contributed by atoms with Gasteiger partial charge in [0.2, 0.25) is 0 Å². The molecular formula is C11H14N3S+. The minimum atomic E-state index is 0.999. The molecule has 4 heteroatoms. The molecule has 0 aliphatic heterocycles. The maximum Gasteiger partial charge on any atom is 0.196 e. The summed E-state index contributed by atoms with van der Waals surface area (Å²) in [5, 5.41) is 4.37. The Morgan fingerprint density at radius 3 is 2.93 bits per heavy atom. The largest absolute Gasteiger partial charge is 0.201 e. The van der Waals surface area contributed by atoms with Gasteiger partial charge in [-0.25, -0.2) is 4.37 Å². The summed E-state index contributed by atoms with van der Waals surface area (Å²) in [7, 11) is 0. The van der Waals surface area contributed by atoms with Gasteiger partial charge in [0.15, 0.2) is 12.7 Å². The number of nitrogens with zero attached hydrogens (tertiary/aromatic N) is 3. The fourth-order valence-corrected chi connectivity index (χ4v) is 1.93.